The first kappa shape index (κ1) is 53.2. The number of nitrogens with zero attached hydrogens (tertiary/aromatic N) is 4. The number of hydrogen-bond acceptors (Lipinski definition) is 10. The third kappa shape index (κ3) is 10.2. The molecule has 0 fully saturated rings. The Morgan fingerprint density at radius 1 is 0.513 bits per heavy atom. The lowest BCUT2D eigenvalue weighted by atomic mass is 10.0. The number of para-hydroxylation sites is 4. The van der Waals surface area contributed by atoms with Gasteiger partial charge in [0.25, 0.3) is 23.6 Å². The monoisotopic (exact) mass is 1150 g/mol. The Kier molecular flexibility index (Phi) is 15.9. The second-order valence-corrected chi connectivity index (χ2v) is 20.2. The number of anilines is 4. The molecular weight excluding hydrogens is 1100 g/mol. The van der Waals surface area contributed by atoms with Crippen molar-refractivity contribution in [1.29, 1.82) is 0 Å². The number of halogens is 2. The maximum Gasteiger partial charge on any atom is 0.258 e. The van der Waals surface area contributed by atoms with Crippen LogP contribution in [0.25, 0.3) is 21.5 Å². The average Bonchev–Trinajstić information content (AvgIpc) is 3.64. The Morgan fingerprint density at radius 3 is 1.24 bits per heavy atom. The third-order valence-electron chi connectivity index (χ3n) is 14.2. The number of ether oxygens (including phenoxy) is 2. The van der Waals surface area contributed by atoms with Gasteiger partial charge in [0.2, 0.25) is 11.8 Å². The quantitative estimate of drug-likeness (QED) is 0.0831. The number of nitrogens with one attached hydrogen (secondary N) is 4. The van der Waals surface area contributed by atoms with E-state index in [1.165, 1.54) is 34.1 Å². The molecule has 0 saturated heterocycles. The summed E-state index contributed by atoms with van der Waals surface area (Å²) < 4.78 is 13.4. The molecule has 0 saturated carbocycles. The highest BCUT2D eigenvalue weighted by molar-refractivity contribution is 9.11. The molecule has 9 rings (SSSR count). The Balaban J connectivity index is 1.08. The minimum atomic E-state index is -1.19. The van der Waals surface area contributed by atoms with E-state index in [4.69, 9.17) is 9.47 Å². The van der Waals surface area contributed by atoms with Gasteiger partial charge >= 0.3 is 0 Å². The molecule has 2 unspecified atom stereocenters. The minimum absolute atomic E-state index is 0.0387. The lowest BCUT2D eigenvalue weighted by Gasteiger charge is -2.27. The van der Waals surface area contributed by atoms with E-state index in [-0.39, 0.29) is 37.3 Å². The zero-order valence-electron chi connectivity index (χ0n) is 42.7. The molecule has 0 radical (unpaired) electrons. The first-order valence-corrected chi connectivity index (χ1v) is 26.2. The van der Waals surface area contributed by atoms with Crippen LogP contribution in [0.3, 0.4) is 0 Å². The van der Waals surface area contributed by atoms with E-state index in [1.54, 1.807) is 100 Å². The highest BCUT2D eigenvalue weighted by Gasteiger charge is 2.40. The van der Waals surface area contributed by atoms with Crippen LogP contribution in [0.5, 0.6) is 11.5 Å². The number of carbonyl (C=O) groups is 6. The Morgan fingerprint density at radius 2 is 0.882 bits per heavy atom. The minimum Gasteiger partial charge on any atom is -0.496 e. The van der Waals surface area contributed by atoms with E-state index >= 15 is 19.2 Å². The van der Waals surface area contributed by atoms with Gasteiger partial charge in [0, 0.05) is 31.2 Å². The molecule has 7 aromatic carbocycles. The second kappa shape index (κ2) is 22.7. The maximum atomic E-state index is 15.1. The van der Waals surface area contributed by atoms with Crippen LogP contribution >= 0.6 is 31.9 Å². The van der Waals surface area contributed by atoms with Crippen LogP contribution in [0.2, 0.25) is 0 Å². The van der Waals surface area contributed by atoms with E-state index in [1.807, 2.05) is 60.7 Å². The first-order chi connectivity index (χ1) is 36.7. The maximum absolute atomic E-state index is 15.1. The van der Waals surface area contributed by atoms with Gasteiger partial charge in [-0.1, -0.05) is 80.4 Å². The molecule has 4 atom stereocenters. The van der Waals surface area contributed by atoms with E-state index in [2.05, 4.69) is 53.1 Å². The van der Waals surface area contributed by atoms with Crippen LogP contribution in [-0.4, -0.2) is 101 Å². The molecule has 2 heterocycles. The smallest absolute Gasteiger partial charge is 0.258 e. The molecule has 16 nitrogen and oxygen atoms in total. The van der Waals surface area contributed by atoms with Gasteiger partial charge in [-0.05, 0) is 134 Å². The summed E-state index contributed by atoms with van der Waals surface area (Å²) in [5, 5.41) is 15.2. The summed E-state index contributed by atoms with van der Waals surface area (Å²) in [6.07, 6.45) is 0. The number of fused-ring (bicyclic) bond motifs is 4. The predicted octanol–water partition coefficient (Wildman–Crippen LogP) is 8.11. The van der Waals surface area contributed by atoms with Crippen LogP contribution in [0.4, 0.5) is 22.7 Å². The van der Waals surface area contributed by atoms with Gasteiger partial charge in [-0.3, -0.25) is 28.8 Å². The summed E-state index contributed by atoms with van der Waals surface area (Å²) in [6, 6.07) is 35.8. The average molecular weight is 1150 g/mol. The molecule has 6 amide bonds. The van der Waals surface area contributed by atoms with Crippen LogP contribution in [-0.2, 0) is 32.3 Å². The van der Waals surface area contributed by atoms with Crippen molar-refractivity contribution in [1.82, 2.24) is 21.3 Å². The number of methoxy groups -OCH3 is 2. The SMILES string of the molecule is CN[C@@H](C)C(=O)NC1CN(C(=O)c2ccc(C(=O)N3CC(NC(=O)[C@H](C)NC)C(=O)N(Cc4c(OC)ccc5c(Br)cccc45)c4ccccc43)cc2)c2ccccc2N(Cc2c(OC)ccc3c(Br)cccc23)C1=O. The normalized spacial score (nSPS) is 16.3. The van der Waals surface area contributed by atoms with Crippen molar-refractivity contribution in [3.63, 3.8) is 0 Å². The number of amides is 6. The molecule has 76 heavy (non-hydrogen) atoms. The van der Waals surface area contributed by atoms with E-state index in [0.29, 0.717) is 34.2 Å². The zero-order valence-corrected chi connectivity index (χ0v) is 45.8. The van der Waals surface area contributed by atoms with Crippen molar-refractivity contribution in [3.05, 3.63) is 165 Å². The summed E-state index contributed by atoms with van der Waals surface area (Å²) in [5.41, 5.74) is 3.54. The molecule has 4 N–H and O–H groups in total. The summed E-state index contributed by atoms with van der Waals surface area (Å²) in [7, 11) is 6.42. The van der Waals surface area contributed by atoms with Crippen molar-refractivity contribution in [2.45, 2.75) is 51.1 Å². The number of rotatable bonds is 14. The lowest BCUT2D eigenvalue weighted by Crippen LogP contribution is -2.55. The number of benzene rings is 7. The lowest BCUT2D eigenvalue weighted by molar-refractivity contribution is -0.128. The van der Waals surface area contributed by atoms with E-state index in [9.17, 15) is 9.59 Å². The molecule has 390 valence electrons. The third-order valence-corrected chi connectivity index (χ3v) is 15.5. The number of hydrogen-bond donors (Lipinski definition) is 4. The molecule has 0 aliphatic carbocycles. The number of likely N-dealkylation sites (N-methyl/N-ethyl adjacent to an activating group) is 2. The van der Waals surface area contributed by atoms with E-state index in [0.717, 1.165) is 41.6 Å². The van der Waals surface area contributed by atoms with Gasteiger partial charge in [-0.15, -0.1) is 0 Å². The van der Waals surface area contributed by atoms with Crippen molar-refractivity contribution in [2.24, 2.45) is 0 Å². The Labute approximate surface area is 456 Å². The Hall–Kier alpha value is -7.64. The van der Waals surface area contributed by atoms with Crippen molar-refractivity contribution in [2.75, 3.05) is 61.0 Å². The molecule has 0 bridgehead atoms. The standard InChI is InChI=1S/C58H56Br2N8O8/c1-33(61-3)53(69)63-45-31-67(49-19-9-7-17-47(49)65(57(45)73)29-41-37-13-11-15-43(59)39(37)25-27-51(41)75-5)55(71)35-21-23-36(24-22-35)56(72)68-32-46(64-54(70)34(2)62-4)58(74)66(48-18-8-10-20-50(48)68)30-42-38-14-12-16-44(60)40(38)26-28-52(42)76-6/h7-28,33-34,45-46,61-62H,29-32H2,1-6H3,(H,63,69)(H,64,70)/t33-,34-,45?,46?/m0/s1. The van der Waals surface area contributed by atoms with Crippen LogP contribution in [0.15, 0.2) is 142 Å². The highest BCUT2D eigenvalue weighted by Crippen LogP contribution is 2.41. The topological polar surface area (TPSA) is 182 Å². The van der Waals surface area contributed by atoms with Gasteiger partial charge < -0.3 is 50.3 Å². The number of carbonyl (C=O) groups excluding carboxylic acids is 6. The van der Waals surface area contributed by atoms with Gasteiger partial charge in [-0.25, -0.2) is 0 Å². The summed E-state index contributed by atoms with van der Waals surface area (Å²) >= 11 is 7.33. The summed E-state index contributed by atoms with van der Waals surface area (Å²) in [6.45, 7) is 2.99. The fourth-order valence-corrected chi connectivity index (χ4v) is 10.8. The van der Waals surface area contributed by atoms with Crippen molar-refractivity contribution >= 4 is 112 Å². The summed E-state index contributed by atoms with van der Waals surface area (Å²) in [5.74, 6) is -1.63. The Bertz CT molecular complexity index is 3210. The summed E-state index contributed by atoms with van der Waals surface area (Å²) in [4.78, 5) is 93.4. The van der Waals surface area contributed by atoms with Crippen LogP contribution in [0.1, 0.15) is 45.7 Å². The van der Waals surface area contributed by atoms with Crippen LogP contribution in [0, 0.1) is 0 Å². The fourth-order valence-electron chi connectivity index (χ4n) is 9.77. The van der Waals surface area contributed by atoms with Gasteiger partial charge in [0.05, 0.1) is 75.2 Å². The predicted molar refractivity (Wildman–Crippen MR) is 302 cm³/mol. The molecule has 0 spiro atoms. The molecule has 2 aliphatic heterocycles. The molecule has 0 aromatic heterocycles. The van der Waals surface area contributed by atoms with Gasteiger partial charge in [-0.2, -0.15) is 0 Å². The van der Waals surface area contributed by atoms with E-state index < -0.39 is 59.6 Å². The first-order valence-electron chi connectivity index (χ1n) is 24.7. The second-order valence-electron chi connectivity index (χ2n) is 18.5. The highest BCUT2D eigenvalue weighted by atomic mass is 79.9. The molecule has 7 aromatic rings. The molecule has 2 aliphatic rings. The largest absolute Gasteiger partial charge is 0.496 e. The zero-order chi connectivity index (χ0) is 53.9. The fraction of sp³-hybridized carbons (Fsp3) is 0.241. The molecular formula is C58H56Br2N8O8. The van der Waals surface area contributed by atoms with Gasteiger partial charge in [0.15, 0.2) is 0 Å². The van der Waals surface area contributed by atoms with Crippen molar-refractivity contribution in [3.8, 4) is 11.5 Å². The van der Waals surface area contributed by atoms with Crippen molar-refractivity contribution < 1.29 is 38.2 Å². The molecule has 18 heteroatoms. The van der Waals surface area contributed by atoms with Gasteiger partial charge in [0.1, 0.15) is 23.6 Å². The van der Waals surface area contributed by atoms with Crippen LogP contribution < -0.4 is 50.3 Å².